The number of amides is 1. The monoisotopic (exact) mass is 522 g/mol. The van der Waals surface area contributed by atoms with Gasteiger partial charge in [-0.25, -0.2) is 9.59 Å². The van der Waals surface area contributed by atoms with Crippen LogP contribution in [0.5, 0.6) is 0 Å². The molecule has 0 bridgehead atoms. The molecule has 1 aromatic carbocycles. The number of aliphatic hydroxyl groups excluding tert-OH is 2. The third-order valence-corrected chi connectivity index (χ3v) is 6.33. The molecule has 0 radical (unpaired) electrons. The van der Waals surface area contributed by atoms with Crippen molar-refractivity contribution in [2.45, 2.75) is 63.3 Å². The van der Waals surface area contributed by atoms with Gasteiger partial charge in [0.2, 0.25) is 11.7 Å². The average molecular weight is 523 g/mol. The summed E-state index contributed by atoms with van der Waals surface area (Å²) in [6.07, 6.45) is -4.77. The first-order valence-electron chi connectivity index (χ1n) is 11.8. The number of benzene rings is 1. The predicted molar refractivity (Wildman–Crippen MR) is 128 cm³/mol. The molecule has 1 saturated heterocycles. The van der Waals surface area contributed by atoms with Crippen LogP contribution in [0, 0.1) is 11.7 Å². The molecule has 0 aliphatic carbocycles. The van der Waals surface area contributed by atoms with E-state index in [4.69, 9.17) is 15.2 Å². The largest absolute Gasteiger partial charge is 0.461 e. The minimum absolute atomic E-state index is 0.265. The van der Waals surface area contributed by atoms with Gasteiger partial charge in [-0.2, -0.15) is 4.39 Å². The van der Waals surface area contributed by atoms with E-state index in [1.165, 1.54) is 0 Å². The van der Waals surface area contributed by atoms with Crippen LogP contribution in [0.15, 0.2) is 46.1 Å². The molecule has 1 aliphatic rings. The van der Waals surface area contributed by atoms with Gasteiger partial charge in [0.05, 0.1) is 12.2 Å². The molecule has 1 amide bonds. The zero-order valence-corrected chi connectivity index (χ0v) is 20.4. The average Bonchev–Trinajstić information content (AvgIpc) is 3.16. The van der Waals surface area contributed by atoms with E-state index in [-0.39, 0.29) is 12.3 Å². The fraction of sp³-hybridized carbons (Fsp3) is 0.500. The summed E-state index contributed by atoms with van der Waals surface area (Å²) in [6, 6.07) is 7.19. The van der Waals surface area contributed by atoms with E-state index < -0.39 is 72.2 Å². The second kappa shape index (κ2) is 12.2. The highest BCUT2D eigenvalue weighted by atomic mass is 19.1. The maximum absolute atomic E-state index is 13.7. The summed E-state index contributed by atoms with van der Waals surface area (Å²) in [5.41, 5.74) is 4.57. The summed E-state index contributed by atoms with van der Waals surface area (Å²) in [7, 11) is 0. The molecule has 3 rings (SSSR count). The number of hydrogen-bond acceptors (Lipinski definition) is 9. The Morgan fingerprint density at radius 2 is 1.92 bits per heavy atom. The highest BCUT2D eigenvalue weighted by Crippen LogP contribution is 2.28. The second-order valence-electron chi connectivity index (χ2n) is 8.99. The molecular weight excluding hydrogens is 491 g/mol. The predicted octanol–water partition coefficient (Wildman–Crippen LogP) is -1.06. The molecule has 6 N–H and O–H groups in total. The van der Waals surface area contributed by atoms with E-state index in [9.17, 15) is 33.8 Å². The number of halogens is 1. The lowest BCUT2D eigenvalue weighted by atomic mass is 9.98. The van der Waals surface area contributed by atoms with Crippen LogP contribution in [0.25, 0.3) is 0 Å². The Hall–Kier alpha value is -3.39. The molecule has 0 saturated carbocycles. The number of nitrogens with one attached hydrogen (secondary N) is 2. The number of nitrogens with zero attached hydrogens (tertiary/aromatic N) is 1. The number of carbonyl (C=O) groups excluding carboxylic acids is 2. The van der Waals surface area contributed by atoms with Gasteiger partial charge in [0, 0.05) is 0 Å². The number of aromatic nitrogens is 2. The number of carbonyl (C=O) groups is 2. The van der Waals surface area contributed by atoms with Crippen molar-refractivity contribution in [3.05, 3.63) is 68.7 Å². The number of esters is 1. The number of hydrogen-bond donors (Lipinski definition) is 5. The summed E-state index contributed by atoms with van der Waals surface area (Å²) in [4.78, 5) is 50.6. The smallest absolute Gasteiger partial charge is 0.330 e. The fourth-order valence-corrected chi connectivity index (χ4v) is 3.89. The maximum atomic E-state index is 13.7. The number of H-pyrrole nitrogens is 1. The van der Waals surface area contributed by atoms with Crippen LogP contribution in [0.4, 0.5) is 4.39 Å². The molecule has 2 unspecified atom stereocenters. The highest BCUT2D eigenvalue weighted by molar-refractivity contribution is 5.87. The van der Waals surface area contributed by atoms with Crippen LogP contribution < -0.4 is 22.3 Å². The van der Waals surface area contributed by atoms with Crippen molar-refractivity contribution in [3.63, 3.8) is 0 Å². The Morgan fingerprint density at radius 1 is 1.24 bits per heavy atom. The second-order valence-corrected chi connectivity index (χ2v) is 8.99. The quantitative estimate of drug-likeness (QED) is 0.243. The summed E-state index contributed by atoms with van der Waals surface area (Å²) < 4.78 is 25.0. The number of aromatic amines is 1. The van der Waals surface area contributed by atoms with Crippen molar-refractivity contribution in [1.29, 1.82) is 0 Å². The third kappa shape index (κ3) is 6.68. The SMILES string of the molecule is CC[C@H](C)[C@H](NC(=O)[C@@H](N)Cc1ccccc1)C(=O)OC[C@@H]1O[C@H](n2cc(F)c(=O)[nH]c2=O)C(O)C1O. The lowest BCUT2D eigenvalue weighted by Gasteiger charge is -2.25. The molecule has 37 heavy (non-hydrogen) atoms. The standard InChI is InChI=1S/C24H31FN4O8/c1-3-12(2)17(27-21(33)15(26)9-13-7-5-4-6-8-13)23(34)36-11-16-18(30)19(31)22(37-16)29-10-14(25)20(32)28-24(29)35/h4-8,10,12,15-19,22,30-31H,3,9,11,26H2,1-2H3,(H,27,33)(H,28,32,35)/t12-,15-,16-,17-,18?,19?,22-/m0/s1. The number of aliphatic hydroxyl groups is 2. The van der Waals surface area contributed by atoms with Crippen LogP contribution in [0.3, 0.4) is 0 Å². The van der Waals surface area contributed by atoms with E-state index in [2.05, 4.69) is 5.32 Å². The van der Waals surface area contributed by atoms with Gasteiger partial charge >= 0.3 is 11.7 Å². The number of rotatable bonds is 10. The van der Waals surface area contributed by atoms with Crippen molar-refractivity contribution in [3.8, 4) is 0 Å². The molecule has 13 heteroatoms. The van der Waals surface area contributed by atoms with Gasteiger partial charge in [-0.15, -0.1) is 0 Å². The number of nitrogens with two attached hydrogens (primary N) is 1. The van der Waals surface area contributed by atoms with Crippen molar-refractivity contribution in [1.82, 2.24) is 14.9 Å². The Bertz CT molecular complexity index is 1200. The topological polar surface area (TPSA) is 186 Å². The maximum Gasteiger partial charge on any atom is 0.330 e. The van der Waals surface area contributed by atoms with Crippen molar-refractivity contribution < 1.29 is 33.7 Å². The van der Waals surface area contributed by atoms with Crippen LogP contribution >= 0.6 is 0 Å². The van der Waals surface area contributed by atoms with E-state index in [0.29, 0.717) is 17.2 Å². The summed E-state index contributed by atoms with van der Waals surface area (Å²) in [5.74, 6) is -2.97. The zero-order chi connectivity index (χ0) is 27.3. The van der Waals surface area contributed by atoms with E-state index in [0.717, 1.165) is 5.56 Å². The van der Waals surface area contributed by atoms with E-state index in [1.807, 2.05) is 37.3 Å². The van der Waals surface area contributed by atoms with Crippen molar-refractivity contribution in [2.24, 2.45) is 11.7 Å². The van der Waals surface area contributed by atoms with Crippen molar-refractivity contribution in [2.75, 3.05) is 6.61 Å². The fourth-order valence-electron chi connectivity index (χ4n) is 3.89. The normalized spacial score (nSPS) is 23.7. The third-order valence-electron chi connectivity index (χ3n) is 6.33. The van der Waals surface area contributed by atoms with Crippen molar-refractivity contribution >= 4 is 11.9 Å². The first-order chi connectivity index (χ1) is 17.5. The molecule has 2 aromatic rings. The Kier molecular flexibility index (Phi) is 9.32. The molecule has 0 spiro atoms. The molecule has 202 valence electrons. The van der Waals surface area contributed by atoms with Gasteiger partial charge in [0.15, 0.2) is 6.23 Å². The van der Waals surface area contributed by atoms with Gasteiger partial charge in [-0.3, -0.25) is 19.1 Å². The van der Waals surface area contributed by atoms with Gasteiger partial charge < -0.3 is 30.7 Å². The first kappa shape index (κ1) is 28.2. The van der Waals surface area contributed by atoms with Crippen LogP contribution in [0.1, 0.15) is 32.1 Å². The van der Waals surface area contributed by atoms with Gasteiger partial charge in [-0.05, 0) is 17.9 Å². The lowest BCUT2D eigenvalue weighted by Crippen LogP contribution is -2.52. The molecular formula is C24H31FN4O8. The van der Waals surface area contributed by atoms with Gasteiger partial charge in [-0.1, -0.05) is 50.6 Å². The van der Waals surface area contributed by atoms with Crippen LogP contribution in [-0.4, -0.2) is 68.6 Å². The molecule has 2 heterocycles. The van der Waals surface area contributed by atoms with E-state index in [1.54, 1.807) is 11.9 Å². The highest BCUT2D eigenvalue weighted by Gasteiger charge is 2.45. The minimum Gasteiger partial charge on any atom is -0.461 e. The first-order valence-corrected chi connectivity index (χ1v) is 11.8. The summed E-state index contributed by atoms with van der Waals surface area (Å²) in [5, 5.41) is 23.3. The minimum atomic E-state index is -1.69. The Labute approximate surface area is 211 Å². The molecule has 12 nitrogen and oxygen atoms in total. The molecule has 1 aromatic heterocycles. The van der Waals surface area contributed by atoms with Crippen LogP contribution in [0.2, 0.25) is 0 Å². The van der Waals surface area contributed by atoms with Crippen LogP contribution in [-0.2, 0) is 25.5 Å². The van der Waals surface area contributed by atoms with E-state index >= 15 is 0 Å². The molecule has 7 atom stereocenters. The summed E-state index contributed by atoms with van der Waals surface area (Å²) >= 11 is 0. The van der Waals surface area contributed by atoms with Gasteiger partial charge in [0.1, 0.15) is 31.0 Å². The summed E-state index contributed by atoms with van der Waals surface area (Å²) in [6.45, 7) is 3.03. The molecule has 1 fully saturated rings. The lowest BCUT2D eigenvalue weighted by molar-refractivity contribution is -0.155. The Morgan fingerprint density at radius 3 is 2.57 bits per heavy atom. The van der Waals surface area contributed by atoms with Gasteiger partial charge in [0.25, 0.3) is 5.56 Å². The zero-order valence-electron chi connectivity index (χ0n) is 20.4. The number of ether oxygens (including phenoxy) is 2. The Balaban J connectivity index is 1.64. The molecule has 1 aliphatic heterocycles.